The SMILES string of the molecule is C[C@](O)(C#N)Cc1cccc(C(F)(F)F)c1. The normalized spacial score (nSPS) is 15.2. The summed E-state index contributed by atoms with van der Waals surface area (Å²) in [5, 5.41) is 18.0. The number of alkyl halides is 3. The van der Waals surface area contributed by atoms with Crippen LogP contribution >= 0.6 is 0 Å². The molecule has 0 amide bonds. The average molecular weight is 229 g/mol. The number of rotatable bonds is 2. The largest absolute Gasteiger partial charge is 0.416 e. The first-order chi connectivity index (χ1) is 7.24. The Hall–Kier alpha value is -1.54. The van der Waals surface area contributed by atoms with E-state index in [9.17, 15) is 18.3 Å². The second kappa shape index (κ2) is 4.14. The highest BCUT2D eigenvalue weighted by Crippen LogP contribution is 2.30. The van der Waals surface area contributed by atoms with Crippen LogP contribution in [0.4, 0.5) is 13.2 Å². The first kappa shape index (κ1) is 12.5. The van der Waals surface area contributed by atoms with Crippen molar-refractivity contribution < 1.29 is 18.3 Å². The van der Waals surface area contributed by atoms with Gasteiger partial charge in [0.2, 0.25) is 0 Å². The van der Waals surface area contributed by atoms with Gasteiger partial charge in [-0.3, -0.25) is 0 Å². The molecule has 0 saturated carbocycles. The molecular formula is C11H10F3NO. The lowest BCUT2D eigenvalue weighted by Crippen LogP contribution is -2.24. The van der Waals surface area contributed by atoms with Crippen LogP contribution < -0.4 is 0 Å². The number of nitrogens with zero attached hydrogens (tertiary/aromatic N) is 1. The number of halogens is 3. The molecular weight excluding hydrogens is 219 g/mol. The summed E-state index contributed by atoms with van der Waals surface area (Å²) in [5.41, 5.74) is -2.15. The Kier molecular flexibility index (Phi) is 3.24. The number of hydrogen-bond donors (Lipinski definition) is 1. The zero-order valence-corrected chi connectivity index (χ0v) is 8.54. The van der Waals surface area contributed by atoms with E-state index >= 15 is 0 Å². The van der Waals surface area contributed by atoms with Gasteiger partial charge < -0.3 is 5.11 Å². The smallest absolute Gasteiger partial charge is 0.375 e. The topological polar surface area (TPSA) is 44.0 Å². The zero-order chi connectivity index (χ0) is 12.4. The van der Waals surface area contributed by atoms with E-state index in [4.69, 9.17) is 5.26 Å². The molecule has 0 saturated heterocycles. The molecule has 0 bridgehead atoms. The summed E-state index contributed by atoms with van der Waals surface area (Å²) in [6.07, 6.45) is -4.54. The lowest BCUT2D eigenvalue weighted by atomic mass is 9.97. The number of hydrogen-bond acceptors (Lipinski definition) is 2. The summed E-state index contributed by atoms with van der Waals surface area (Å²) in [5.74, 6) is 0. The van der Waals surface area contributed by atoms with Crippen LogP contribution in [0, 0.1) is 11.3 Å². The van der Waals surface area contributed by atoms with Crippen LogP contribution in [0.3, 0.4) is 0 Å². The van der Waals surface area contributed by atoms with Crippen LogP contribution in [-0.4, -0.2) is 10.7 Å². The number of nitriles is 1. The van der Waals surface area contributed by atoms with Gasteiger partial charge in [-0.15, -0.1) is 0 Å². The summed E-state index contributed by atoms with van der Waals surface area (Å²) in [6.45, 7) is 1.26. The van der Waals surface area contributed by atoms with Crippen LogP contribution in [-0.2, 0) is 12.6 Å². The Morgan fingerprint density at radius 1 is 1.38 bits per heavy atom. The van der Waals surface area contributed by atoms with Gasteiger partial charge in [0.05, 0.1) is 11.6 Å². The average Bonchev–Trinajstić information content (AvgIpc) is 2.16. The molecule has 0 unspecified atom stereocenters. The fourth-order valence-corrected chi connectivity index (χ4v) is 1.29. The fourth-order valence-electron chi connectivity index (χ4n) is 1.29. The highest BCUT2D eigenvalue weighted by molar-refractivity contribution is 5.27. The Labute approximate surface area is 90.9 Å². The van der Waals surface area contributed by atoms with Crippen molar-refractivity contribution in [2.75, 3.05) is 0 Å². The summed E-state index contributed by atoms with van der Waals surface area (Å²) in [7, 11) is 0. The van der Waals surface area contributed by atoms with Gasteiger partial charge in [-0.1, -0.05) is 18.2 Å². The molecule has 86 valence electrons. The second-order valence-electron chi connectivity index (χ2n) is 3.76. The van der Waals surface area contributed by atoms with Crippen molar-refractivity contribution in [3.8, 4) is 6.07 Å². The highest BCUT2D eigenvalue weighted by Gasteiger charge is 2.31. The minimum absolute atomic E-state index is 0.132. The monoisotopic (exact) mass is 229 g/mol. The van der Waals surface area contributed by atoms with Gasteiger partial charge in [-0.2, -0.15) is 18.4 Å². The van der Waals surface area contributed by atoms with Crippen molar-refractivity contribution in [3.63, 3.8) is 0 Å². The predicted octanol–water partition coefficient (Wildman–Crippen LogP) is 2.52. The third kappa shape index (κ3) is 3.24. The fraction of sp³-hybridized carbons (Fsp3) is 0.364. The number of aliphatic hydroxyl groups is 1. The molecule has 0 spiro atoms. The van der Waals surface area contributed by atoms with Gasteiger partial charge in [0, 0.05) is 6.42 Å². The summed E-state index contributed by atoms with van der Waals surface area (Å²) >= 11 is 0. The van der Waals surface area contributed by atoms with E-state index < -0.39 is 17.3 Å². The van der Waals surface area contributed by atoms with Crippen LogP contribution in [0.15, 0.2) is 24.3 Å². The van der Waals surface area contributed by atoms with Gasteiger partial charge >= 0.3 is 6.18 Å². The molecule has 0 aromatic heterocycles. The lowest BCUT2D eigenvalue weighted by Gasteiger charge is -2.15. The Morgan fingerprint density at radius 2 is 2.00 bits per heavy atom. The van der Waals surface area contributed by atoms with Gasteiger partial charge in [0.25, 0.3) is 0 Å². The molecule has 0 radical (unpaired) electrons. The molecule has 1 aromatic carbocycles. The van der Waals surface area contributed by atoms with Gasteiger partial charge in [-0.05, 0) is 18.6 Å². The van der Waals surface area contributed by atoms with Crippen molar-refractivity contribution in [2.24, 2.45) is 0 Å². The van der Waals surface area contributed by atoms with Gasteiger partial charge in [-0.25, -0.2) is 0 Å². The van der Waals surface area contributed by atoms with Crippen molar-refractivity contribution in [3.05, 3.63) is 35.4 Å². The summed E-state index contributed by atoms with van der Waals surface area (Å²) in [6, 6.07) is 6.21. The zero-order valence-electron chi connectivity index (χ0n) is 8.54. The molecule has 0 fully saturated rings. The molecule has 1 N–H and O–H groups in total. The van der Waals surface area contributed by atoms with E-state index in [0.29, 0.717) is 0 Å². The van der Waals surface area contributed by atoms with E-state index in [1.807, 2.05) is 0 Å². The van der Waals surface area contributed by atoms with Gasteiger partial charge in [0.1, 0.15) is 0 Å². The Bertz CT molecular complexity index is 418. The predicted molar refractivity (Wildman–Crippen MR) is 51.4 cm³/mol. The molecule has 5 heteroatoms. The molecule has 1 aromatic rings. The van der Waals surface area contributed by atoms with E-state index in [-0.39, 0.29) is 12.0 Å². The number of benzene rings is 1. The first-order valence-electron chi connectivity index (χ1n) is 4.54. The minimum Gasteiger partial charge on any atom is -0.375 e. The molecule has 0 aliphatic heterocycles. The Morgan fingerprint density at radius 3 is 2.50 bits per heavy atom. The van der Waals surface area contributed by atoms with Crippen LogP contribution in [0.2, 0.25) is 0 Å². The summed E-state index contributed by atoms with van der Waals surface area (Å²) in [4.78, 5) is 0. The second-order valence-corrected chi connectivity index (χ2v) is 3.76. The van der Waals surface area contributed by atoms with Gasteiger partial charge in [0.15, 0.2) is 5.60 Å². The van der Waals surface area contributed by atoms with Crippen LogP contribution in [0.5, 0.6) is 0 Å². The molecule has 2 nitrogen and oxygen atoms in total. The Balaban J connectivity index is 2.97. The molecule has 0 aliphatic carbocycles. The van der Waals surface area contributed by atoms with E-state index in [0.717, 1.165) is 12.1 Å². The standard InChI is InChI=1S/C11H10F3NO/c1-10(16,7-15)6-8-3-2-4-9(5-8)11(12,13)14/h2-5,16H,6H2,1H3/t10-/m1/s1. The van der Waals surface area contributed by atoms with E-state index in [1.54, 1.807) is 6.07 Å². The quantitative estimate of drug-likeness (QED) is 0.792. The van der Waals surface area contributed by atoms with Crippen LogP contribution in [0.25, 0.3) is 0 Å². The molecule has 1 atom stereocenters. The van der Waals surface area contributed by atoms with Crippen molar-refractivity contribution in [1.82, 2.24) is 0 Å². The molecule has 1 rings (SSSR count). The lowest BCUT2D eigenvalue weighted by molar-refractivity contribution is -0.137. The third-order valence-corrected chi connectivity index (χ3v) is 2.04. The molecule has 0 heterocycles. The maximum absolute atomic E-state index is 12.4. The maximum Gasteiger partial charge on any atom is 0.416 e. The van der Waals surface area contributed by atoms with Crippen LogP contribution in [0.1, 0.15) is 18.1 Å². The maximum atomic E-state index is 12.4. The van der Waals surface area contributed by atoms with Crippen molar-refractivity contribution in [2.45, 2.75) is 25.1 Å². The third-order valence-electron chi connectivity index (χ3n) is 2.04. The van der Waals surface area contributed by atoms with E-state index in [2.05, 4.69) is 0 Å². The van der Waals surface area contributed by atoms with E-state index in [1.165, 1.54) is 19.1 Å². The minimum atomic E-state index is -4.41. The summed E-state index contributed by atoms with van der Waals surface area (Å²) < 4.78 is 37.1. The van der Waals surface area contributed by atoms with Crippen molar-refractivity contribution in [1.29, 1.82) is 5.26 Å². The molecule has 0 aliphatic rings. The first-order valence-corrected chi connectivity index (χ1v) is 4.54. The molecule has 16 heavy (non-hydrogen) atoms. The van der Waals surface area contributed by atoms with Crippen molar-refractivity contribution >= 4 is 0 Å². The highest BCUT2D eigenvalue weighted by atomic mass is 19.4.